The van der Waals surface area contributed by atoms with Crippen molar-refractivity contribution in [3.8, 4) is 5.75 Å². The van der Waals surface area contributed by atoms with E-state index < -0.39 is 0 Å². The van der Waals surface area contributed by atoms with Gasteiger partial charge in [0.25, 0.3) is 0 Å². The van der Waals surface area contributed by atoms with Gasteiger partial charge in [-0.2, -0.15) is 0 Å². The number of hydrogen-bond acceptors (Lipinski definition) is 4. The normalized spacial score (nSPS) is 14.4. The van der Waals surface area contributed by atoms with E-state index in [4.69, 9.17) is 10.5 Å². The van der Waals surface area contributed by atoms with Crippen LogP contribution >= 0.6 is 0 Å². The van der Waals surface area contributed by atoms with E-state index in [0.717, 1.165) is 31.6 Å². The molecule has 20 heavy (non-hydrogen) atoms. The van der Waals surface area contributed by atoms with Crippen LogP contribution < -0.4 is 15.4 Å². The lowest BCUT2D eigenvalue weighted by Crippen LogP contribution is -2.37. The van der Waals surface area contributed by atoms with E-state index in [0.29, 0.717) is 24.6 Å². The lowest BCUT2D eigenvalue weighted by atomic mass is 10.2. The zero-order valence-electron chi connectivity index (χ0n) is 12.3. The van der Waals surface area contributed by atoms with Gasteiger partial charge in [-0.3, -0.25) is 4.79 Å². The van der Waals surface area contributed by atoms with Gasteiger partial charge in [-0.25, -0.2) is 0 Å². The molecule has 0 atom stereocenters. The molecule has 1 heterocycles. The van der Waals surface area contributed by atoms with Crippen molar-refractivity contribution in [2.75, 3.05) is 43.9 Å². The van der Waals surface area contributed by atoms with Gasteiger partial charge >= 0.3 is 0 Å². The second kappa shape index (κ2) is 6.50. The average Bonchev–Trinajstić information content (AvgIpc) is 2.95. The minimum absolute atomic E-state index is 0.159. The third-order valence-electron chi connectivity index (χ3n) is 3.59. The van der Waals surface area contributed by atoms with Gasteiger partial charge in [0.1, 0.15) is 5.75 Å². The first-order chi connectivity index (χ1) is 9.63. The summed E-state index contributed by atoms with van der Waals surface area (Å²) in [6.45, 7) is 4.60. The fraction of sp³-hybridized carbons (Fsp3) is 0.533. The van der Waals surface area contributed by atoms with Crippen molar-refractivity contribution in [2.24, 2.45) is 0 Å². The highest BCUT2D eigenvalue weighted by molar-refractivity contribution is 5.84. The lowest BCUT2D eigenvalue weighted by Gasteiger charge is -2.24. The number of ether oxygens (including phenoxy) is 1. The number of nitrogens with zero attached hydrogens (tertiary/aromatic N) is 2. The molecule has 0 radical (unpaired) electrons. The predicted molar refractivity (Wildman–Crippen MR) is 81.1 cm³/mol. The molecule has 1 saturated heterocycles. The van der Waals surface area contributed by atoms with E-state index >= 15 is 0 Å². The number of nitrogen functional groups attached to an aromatic ring is 1. The summed E-state index contributed by atoms with van der Waals surface area (Å²) in [5.74, 6) is 0.830. The first kappa shape index (κ1) is 14.5. The summed E-state index contributed by atoms with van der Waals surface area (Å²) in [5, 5.41) is 0. The molecule has 1 fully saturated rings. The van der Waals surface area contributed by atoms with Crippen LogP contribution in [0.3, 0.4) is 0 Å². The first-order valence-electron chi connectivity index (χ1n) is 7.13. The van der Waals surface area contributed by atoms with E-state index in [1.807, 2.05) is 42.0 Å². The van der Waals surface area contributed by atoms with Crippen molar-refractivity contribution in [2.45, 2.75) is 19.8 Å². The van der Waals surface area contributed by atoms with Gasteiger partial charge in [0.15, 0.2) is 0 Å². The molecule has 0 aromatic heterocycles. The number of amides is 1. The van der Waals surface area contributed by atoms with Gasteiger partial charge in [0, 0.05) is 20.1 Å². The van der Waals surface area contributed by atoms with Gasteiger partial charge in [-0.15, -0.1) is 0 Å². The highest BCUT2D eigenvalue weighted by Crippen LogP contribution is 2.31. The lowest BCUT2D eigenvalue weighted by molar-refractivity contribution is -0.128. The van der Waals surface area contributed by atoms with Crippen LogP contribution in [0, 0.1) is 0 Å². The molecule has 0 aliphatic carbocycles. The third kappa shape index (κ3) is 3.15. The fourth-order valence-corrected chi connectivity index (χ4v) is 2.50. The number of likely N-dealkylation sites (N-methyl/N-ethyl adjacent to an activating group) is 1. The number of likely N-dealkylation sites (tertiary alicyclic amines) is 1. The molecule has 0 bridgehead atoms. The van der Waals surface area contributed by atoms with E-state index in [1.165, 1.54) is 0 Å². The van der Waals surface area contributed by atoms with Crippen LogP contribution in [0.1, 0.15) is 19.8 Å². The molecule has 5 heteroatoms. The Kier molecular flexibility index (Phi) is 4.71. The summed E-state index contributed by atoms with van der Waals surface area (Å²) in [5.41, 5.74) is 7.53. The molecule has 1 aliphatic rings. The van der Waals surface area contributed by atoms with Crippen molar-refractivity contribution in [3.05, 3.63) is 18.2 Å². The highest BCUT2D eigenvalue weighted by Gasteiger charge is 2.20. The van der Waals surface area contributed by atoms with Gasteiger partial charge in [0.2, 0.25) is 5.91 Å². The number of carbonyl (C=O) groups is 1. The van der Waals surface area contributed by atoms with Crippen LogP contribution in [0.25, 0.3) is 0 Å². The van der Waals surface area contributed by atoms with Crippen LogP contribution in [0.15, 0.2) is 18.2 Å². The molecular formula is C15H23N3O2. The molecule has 1 aliphatic heterocycles. The van der Waals surface area contributed by atoms with Crippen LogP contribution in [-0.4, -0.2) is 44.1 Å². The molecule has 5 nitrogen and oxygen atoms in total. The largest absolute Gasteiger partial charge is 0.492 e. The van der Waals surface area contributed by atoms with Crippen LogP contribution in [0.5, 0.6) is 5.75 Å². The van der Waals surface area contributed by atoms with Crippen molar-refractivity contribution in [3.63, 3.8) is 0 Å². The van der Waals surface area contributed by atoms with Crippen molar-refractivity contribution >= 4 is 17.3 Å². The Morgan fingerprint density at radius 3 is 2.75 bits per heavy atom. The smallest absolute Gasteiger partial charge is 0.242 e. The second-order valence-electron chi connectivity index (χ2n) is 5.07. The SMILES string of the molecule is CCOc1cccc(N(C)CC(=O)N2CCCC2)c1N. The molecule has 2 N–H and O–H groups in total. The summed E-state index contributed by atoms with van der Waals surface area (Å²) in [6, 6.07) is 5.65. The molecule has 0 spiro atoms. The van der Waals surface area contributed by atoms with Crippen molar-refractivity contribution in [1.29, 1.82) is 0 Å². The Morgan fingerprint density at radius 1 is 1.40 bits per heavy atom. The third-order valence-corrected chi connectivity index (χ3v) is 3.59. The average molecular weight is 277 g/mol. The predicted octanol–water partition coefficient (Wildman–Crippen LogP) is 1.73. The number of anilines is 2. The van der Waals surface area contributed by atoms with Gasteiger partial charge in [-0.1, -0.05) is 6.07 Å². The standard InChI is InChI=1S/C15H23N3O2/c1-3-20-13-8-6-7-12(15(13)16)17(2)11-14(19)18-9-4-5-10-18/h6-8H,3-5,9-11,16H2,1-2H3. The molecule has 110 valence electrons. The molecule has 1 aromatic rings. The minimum atomic E-state index is 0.159. The Bertz CT molecular complexity index is 470. The maximum Gasteiger partial charge on any atom is 0.242 e. The summed E-state index contributed by atoms with van der Waals surface area (Å²) in [7, 11) is 1.88. The number of carbonyl (C=O) groups excluding carboxylic acids is 1. The van der Waals surface area contributed by atoms with Crippen LogP contribution in [-0.2, 0) is 4.79 Å². The molecule has 2 rings (SSSR count). The number of para-hydroxylation sites is 1. The van der Waals surface area contributed by atoms with Crippen LogP contribution in [0.4, 0.5) is 11.4 Å². The van der Waals surface area contributed by atoms with Crippen molar-refractivity contribution < 1.29 is 9.53 Å². The molecule has 0 unspecified atom stereocenters. The van der Waals surface area contributed by atoms with Crippen LogP contribution in [0.2, 0.25) is 0 Å². The molecule has 1 amide bonds. The summed E-state index contributed by atoms with van der Waals surface area (Å²) >= 11 is 0. The Hall–Kier alpha value is -1.91. The van der Waals surface area contributed by atoms with Crippen molar-refractivity contribution in [1.82, 2.24) is 4.90 Å². The minimum Gasteiger partial charge on any atom is -0.492 e. The van der Waals surface area contributed by atoms with E-state index in [1.54, 1.807) is 0 Å². The maximum absolute atomic E-state index is 12.2. The summed E-state index contributed by atoms with van der Waals surface area (Å²) in [6.07, 6.45) is 2.22. The zero-order chi connectivity index (χ0) is 14.5. The summed E-state index contributed by atoms with van der Waals surface area (Å²) in [4.78, 5) is 16.0. The van der Waals surface area contributed by atoms with Gasteiger partial charge in [0.05, 0.1) is 24.5 Å². The quantitative estimate of drug-likeness (QED) is 0.833. The van der Waals surface area contributed by atoms with E-state index in [9.17, 15) is 4.79 Å². The Balaban J connectivity index is 2.06. The first-order valence-corrected chi connectivity index (χ1v) is 7.13. The number of rotatable bonds is 5. The Labute approximate surface area is 120 Å². The summed E-state index contributed by atoms with van der Waals surface area (Å²) < 4.78 is 5.49. The van der Waals surface area contributed by atoms with Gasteiger partial charge in [-0.05, 0) is 31.9 Å². The molecule has 1 aromatic carbocycles. The van der Waals surface area contributed by atoms with E-state index in [-0.39, 0.29) is 5.91 Å². The Morgan fingerprint density at radius 2 is 2.10 bits per heavy atom. The second-order valence-corrected chi connectivity index (χ2v) is 5.07. The van der Waals surface area contributed by atoms with Gasteiger partial charge < -0.3 is 20.3 Å². The number of benzene rings is 1. The highest BCUT2D eigenvalue weighted by atomic mass is 16.5. The number of hydrogen-bond donors (Lipinski definition) is 1. The molecular weight excluding hydrogens is 254 g/mol. The van der Waals surface area contributed by atoms with E-state index in [2.05, 4.69) is 0 Å². The maximum atomic E-state index is 12.2. The fourth-order valence-electron chi connectivity index (χ4n) is 2.50. The monoisotopic (exact) mass is 277 g/mol. The topological polar surface area (TPSA) is 58.8 Å². The zero-order valence-corrected chi connectivity index (χ0v) is 12.3. The molecule has 0 saturated carbocycles. The number of nitrogens with two attached hydrogens (primary N) is 1.